The van der Waals surface area contributed by atoms with Crippen LogP contribution in [0.1, 0.15) is 29.8 Å². The lowest BCUT2D eigenvalue weighted by Crippen LogP contribution is -2.30. The quantitative estimate of drug-likeness (QED) is 0.210. The monoisotopic (exact) mass is 549 g/mol. The zero-order valence-electron chi connectivity index (χ0n) is 17.6. The molecule has 0 atom stereocenters. The molecular weight excluding hydrogens is 524 g/mol. The van der Waals surface area contributed by atoms with Crippen LogP contribution in [0.5, 0.6) is 0 Å². The zero-order chi connectivity index (χ0) is 23.6. The number of aliphatic hydroxyl groups is 1. The molecule has 1 heterocycles. The molecule has 0 aliphatic carbocycles. The summed E-state index contributed by atoms with van der Waals surface area (Å²) in [5.74, 6) is -1.22. The van der Waals surface area contributed by atoms with Crippen LogP contribution in [-0.2, 0) is 21.4 Å². The highest BCUT2D eigenvalue weighted by atomic mass is 127. The average Bonchev–Trinajstić information content (AvgIpc) is 2.70. The second kappa shape index (κ2) is 13.0. The van der Waals surface area contributed by atoms with Crippen molar-refractivity contribution in [2.75, 3.05) is 25.1 Å². The van der Waals surface area contributed by atoms with Crippen LogP contribution in [0, 0.1) is 16.3 Å². The molecule has 0 radical (unpaired) electrons. The summed E-state index contributed by atoms with van der Waals surface area (Å²) in [6.45, 7) is 4.89. The largest absolute Gasteiger partial charge is 0.466 e. The van der Waals surface area contributed by atoms with E-state index in [9.17, 15) is 18.8 Å². The number of esters is 1. The molecule has 0 fully saturated rings. The summed E-state index contributed by atoms with van der Waals surface area (Å²) in [6, 6.07) is 5.94. The van der Waals surface area contributed by atoms with E-state index < -0.39 is 11.7 Å². The van der Waals surface area contributed by atoms with E-state index in [1.807, 2.05) is 22.6 Å². The first kappa shape index (κ1) is 26.5. The van der Waals surface area contributed by atoms with E-state index in [1.54, 1.807) is 19.9 Å². The third-order valence-corrected chi connectivity index (χ3v) is 4.40. The molecule has 31 heavy (non-hydrogen) atoms. The summed E-state index contributed by atoms with van der Waals surface area (Å²) in [5.41, 5.74) is 2.44. The Labute approximate surface area is 192 Å². The number of ether oxygens (including phenoxy) is 1. The lowest BCUT2D eigenvalue weighted by molar-refractivity contribution is -0.140. The number of carbonyl (C=O) groups is 2. The van der Waals surface area contributed by atoms with Gasteiger partial charge in [-0.2, -0.15) is 0 Å². The van der Waals surface area contributed by atoms with Crippen molar-refractivity contribution in [1.29, 1.82) is 0 Å². The molecule has 0 saturated heterocycles. The molecule has 0 saturated carbocycles. The summed E-state index contributed by atoms with van der Waals surface area (Å²) in [7, 11) is 1.48. The second-order valence-corrected chi connectivity index (χ2v) is 7.38. The molecule has 170 valence electrons. The Morgan fingerprint density at radius 3 is 2.48 bits per heavy atom. The number of pyridine rings is 1. The van der Waals surface area contributed by atoms with Crippen molar-refractivity contribution in [3.63, 3.8) is 0 Å². The van der Waals surface area contributed by atoms with E-state index in [0.29, 0.717) is 15.7 Å². The van der Waals surface area contributed by atoms with Crippen molar-refractivity contribution in [3.05, 3.63) is 55.1 Å². The predicted octanol–water partition coefficient (Wildman–Crippen LogP) is 2.40. The van der Waals surface area contributed by atoms with E-state index >= 15 is 0 Å². The van der Waals surface area contributed by atoms with Crippen LogP contribution in [0.4, 0.5) is 15.9 Å². The molecule has 2 aromatic rings. The summed E-state index contributed by atoms with van der Waals surface area (Å²) in [4.78, 5) is 39.1. The fourth-order valence-electron chi connectivity index (χ4n) is 2.36. The number of hydrogen-bond acceptors (Lipinski definition) is 7. The Balaban J connectivity index is 0.000000703. The summed E-state index contributed by atoms with van der Waals surface area (Å²) in [6.07, 6.45) is 0. The normalized spacial score (nSPS) is 10.0. The zero-order valence-corrected chi connectivity index (χ0v) is 19.8. The van der Waals surface area contributed by atoms with Gasteiger partial charge >= 0.3 is 5.97 Å². The van der Waals surface area contributed by atoms with Gasteiger partial charge < -0.3 is 15.2 Å². The molecule has 11 heteroatoms. The fraction of sp³-hybridized carbons (Fsp3) is 0.350. The van der Waals surface area contributed by atoms with E-state index in [4.69, 9.17) is 9.94 Å². The number of nitrogens with zero attached hydrogens (tertiary/aromatic N) is 1. The lowest BCUT2D eigenvalue weighted by atomic mass is 10.1. The number of halogens is 2. The van der Waals surface area contributed by atoms with Gasteiger partial charge in [0.05, 0.1) is 31.1 Å². The first-order chi connectivity index (χ1) is 14.6. The number of aliphatic hydroxyl groups excluding tert-OH is 1. The van der Waals surface area contributed by atoms with Gasteiger partial charge in [-0.3, -0.25) is 23.8 Å². The SMILES string of the molecule is CCOC(C)=O.Cc1cc(C(=O)NOCCO)c(Nc2ccc(I)cc2F)n(C)c1=O. The van der Waals surface area contributed by atoms with E-state index in [-0.39, 0.29) is 41.8 Å². The van der Waals surface area contributed by atoms with Gasteiger partial charge in [-0.25, -0.2) is 9.87 Å². The number of aryl methyl sites for hydroxylation is 1. The molecule has 2 rings (SSSR count). The molecule has 3 N–H and O–H groups in total. The standard InChI is InChI=1S/C16H17FIN3O4.C4H8O2/c1-9-7-11(15(23)20-25-6-5-22)14(21(2)16(9)24)19-13-4-3-10(18)8-12(13)17;1-3-6-4(2)5/h3-4,7-8,19,22H,5-6H2,1-2H3,(H,20,23);3H2,1-2H3. The Kier molecular flexibility index (Phi) is 11.1. The maximum absolute atomic E-state index is 14.1. The molecule has 0 unspecified atom stereocenters. The fourth-order valence-corrected chi connectivity index (χ4v) is 2.81. The van der Waals surface area contributed by atoms with Gasteiger partial charge in [-0.1, -0.05) is 0 Å². The molecule has 0 bridgehead atoms. The number of nitrogens with one attached hydrogen (secondary N) is 2. The molecule has 0 spiro atoms. The van der Waals surface area contributed by atoms with Crippen LogP contribution in [-0.4, -0.2) is 41.4 Å². The number of rotatable bonds is 7. The summed E-state index contributed by atoms with van der Waals surface area (Å²) < 4.78 is 20.5. The minimum atomic E-state index is -0.624. The van der Waals surface area contributed by atoms with Crippen LogP contribution in [0.25, 0.3) is 0 Å². The number of amides is 1. The summed E-state index contributed by atoms with van der Waals surface area (Å²) >= 11 is 1.98. The van der Waals surface area contributed by atoms with Crippen molar-refractivity contribution >= 4 is 46.0 Å². The maximum atomic E-state index is 14.1. The van der Waals surface area contributed by atoms with E-state index in [1.165, 1.54) is 36.7 Å². The van der Waals surface area contributed by atoms with Crippen molar-refractivity contribution in [2.24, 2.45) is 7.05 Å². The Morgan fingerprint density at radius 2 is 1.97 bits per heavy atom. The molecule has 9 nitrogen and oxygen atoms in total. The number of carbonyl (C=O) groups excluding carboxylic acids is 2. The molecule has 0 aliphatic rings. The first-order valence-electron chi connectivity index (χ1n) is 9.21. The van der Waals surface area contributed by atoms with E-state index in [0.717, 1.165) is 0 Å². The molecular formula is C20H25FIN3O6. The third kappa shape index (κ3) is 8.26. The van der Waals surface area contributed by atoms with Gasteiger partial charge in [0.15, 0.2) is 0 Å². The minimum Gasteiger partial charge on any atom is -0.466 e. The van der Waals surface area contributed by atoms with Crippen LogP contribution in [0.15, 0.2) is 29.1 Å². The van der Waals surface area contributed by atoms with Gasteiger partial charge in [0.2, 0.25) is 0 Å². The average molecular weight is 549 g/mol. The Bertz CT molecular complexity index is 980. The van der Waals surface area contributed by atoms with Crippen LogP contribution >= 0.6 is 22.6 Å². The molecule has 1 aromatic heterocycles. The maximum Gasteiger partial charge on any atom is 0.302 e. The van der Waals surface area contributed by atoms with Gasteiger partial charge in [0, 0.05) is 23.1 Å². The van der Waals surface area contributed by atoms with E-state index in [2.05, 4.69) is 15.5 Å². The first-order valence-corrected chi connectivity index (χ1v) is 10.3. The second-order valence-electron chi connectivity index (χ2n) is 6.13. The van der Waals surface area contributed by atoms with Crippen LogP contribution in [0.3, 0.4) is 0 Å². The van der Waals surface area contributed by atoms with Gasteiger partial charge in [-0.15, -0.1) is 0 Å². The minimum absolute atomic E-state index is 0.0784. The number of anilines is 2. The van der Waals surface area contributed by atoms with Crippen molar-refractivity contribution in [1.82, 2.24) is 10.0 Å². The highest BCUT2D eigenvalue weighted by Crippen LogP contribution is 2.24. The highest BCUT2D eigenvalue weighted by molar-refractivity contribution is 14.1. The van der Waals surface area contributed by atoms with Gasteiger partial charge in [0.1, 0.15) is 11.6 Å². The molecule has 0 aliphatic heterocycles. The van der Waals surface area contributed by atoms with Crippen molar-refractivity contribution in [2.45, 2.75) is 20.8 Å². The van der Waals surface area contributed by atoms with Crippen molar-refractivity contribution in [3.8, 4) is 0 Å². The number of hydroxylamine groups is 1. The topological polar surface area (TPSA) is 119 Å². The predicted molar refractivity (Wildman–Crippen MR) is 122 cm³/mol. The lowest BCUT2D eigenvalue weighted by Gasteiger charge is -2.17. The van der Waals surface area contributed by atoms with Gasteiger partial charge in [-0.05, 0) is 60.7 Å². The van der Waals surface area contributed by atoms with Crippen LogP contribution < -0.4 is 16.4 Å². The van der Waals surface area contributed by atoms with Crippen molar-refractivity contribution < 1.29 is 28.7 Å². The highest BCUT2D eigenvalue weighted by Gasteiger charge is 2.18. The number of benzene rings is 1. The van der Waals surface area contributed by atoms with Gasteiger partial charge in [0.25, 0.3) is 11.5 Å². The smallest absolute Gasteiger partial charge is 0.302 e. The van der Waals surface area contributed by atoms with Crippen LogP contribution in [0.2, 0.25) is 0 Å². The number of aromatic nitrogens is 1. The Morgan fingerprint density at radius 1 is 1.29 bits per heavy atom. The third-order valence-electron chi connectivity index (χ3n) is 3.73. The number of hydrogen-bond donors (Lipinski definition) is 3. The molecule has 1 amide bonds. The Hall–Kier alpha value is -2.51. The summed E-state index contributed by atoms with van der Waals surface area (Å²) in [5, 5.41) is 11.5. The molecule has 1 aromatic carbocycles.